The van der Waals surface area contributed by atoms with Crippen molar-refractivity contribution in [1.29, 1.82) is 0 Å². The summed E-state index contributed by atoms with van der Waals surface area (Å²) in [5.74, 6) is 0.375. The molecule has 1 atom stereocenters. The van der Waals surface area contributed by atoms with Gasteiger partial charge in [-0.3, -0.25) is 9.78 Å². The van der Waals surface area contributed by atoms with E-state index < -0.39 is 0 Å². The second-order valence-electron chi connectivity index (χ2n) is 5.57. The Bertz CT molecular complexity index is 552. The fourth-order valence-electron chi connectivity index (χ4n) is 2.26. The Morgan fingerprint density at radius 2 is 1.90 bits per heavy atom. The van der Waals surface area contributed by atoms with Gasteiger partial charge in [-0.2, -0.15) is 0 Å². The average molecular weight is 282 g/mol. The van der Waals surface area contributed by atoms with Crippen LogP contribution >= 0.6 is 0 Å². The standard InChI is InChI=1S/C18H22N2O/c1-14(2)18(21)20-13-17(16-8-4-3-5-9-16)11-15-7-6-10-19-12-15/h3-10,12,14,17H,11,13H2,1-2H3,(H,20,21). The number of carbonyl (C=O) groups excluding carboxylic acids is 1. The van der Waals surface area contributed by atoms with Gasteiger partial charge in [0.05, 0.1) is 0 Å². The molecule has 0 aliphatic rings. The van der Waals surface area contributed by atoms with Gasteiger partial charge in [-0.25, -0.2) is 0 Å². The fourth-order valence-corrected chi connectivity index (χ4v) is 2.26. The van der Waals surface area contributed by atoms with Crippen LogP contribution in [0.1, 0.15) is 30.9 Å². The normalized spacial score (nSPS) is 12.1. The molecule has 3 nitrogen and oxygen atoms in total. The Morgan fingerprint density at radius 3 is 2.52 bits per heavy atom. The topological polar surface area (TPSA) is 42.0 Å². The molecule has 2 aromatic rings. The third-order valence-corrected chi connectivity index (χ3v) is 3.52. The summed E-state index contributed by atoms with van der Waals surface area (Å²) in [6.07, 6.45) is 4.54. The molecular formula is C18H22N2O. The smallest absolute Gasteiger partial charge is 0.222 e. The number of rotatable bonds is 6. The summed E-state index contributed by atoms with van der Waals surface area (Å²) in [6, 6.07) is 14.3. The molecule has 0 saturated carbocycles. The average Bonchev–Trinajstić information content (AvgIpc) is 2.52. The minimum Gasteiger partial charge on any atom is -0.355 e. The van der Waals surface area contributed by atoms with Crippen LogP contribution in [0.4, 0.5) is 0 Å². The molecule has 0 aliphatic heterocycles. The number of nitrogens with one attached hydrogen (secondary N) is 1. The van der Waals surface area contributed by atoms with E-state index in [9.17, 15) is 4.79 Å². The maximum Gasteiger partial charge on any atom is 0.222 e. The highest BCUT2D eigenvalue weighted by molar-refractivity contribution is 5.77. The number of benzene rings is 1. The molecule has 0 spiro atoms. The molecule has 0 saturated heterocycles. The lowest BCUT2D eigenvalue weighted by Crippen LogP contribution is -2.32. The molecule has 1 unspecified atom stereocenters. The van der Waals surface area contributed by atoms with Gasteiger partial charge in [-0.1, -0.05) is 50.2 Å². The molecule has 0 fully saturated rings. The van der Waals surface area contributed by atoms with Crippen LogP contribution in [0.15, 0.2) is 54.9 Å². The highest BCUT2D eigenvalue weighted by Crippen LogP contribution is 2.20. The summed E-state index contributed by atoms with van der Waals surface area (Å²) >= 11 is 0. The van der Waals surface area contributed by atoms with Crippen LogP contribution in [0.3, 0.4) is 0 Å². The Labute approximate surface area is 126 Å². The Hall–Kier alpha value is -2.16. The van der Waals surface area contributed by atoms with E-state index in [0.29, 0.717) is 6.54 Å². The molecule has 1 aromatic carbocycles. The van der Waals surface area contributed by atoms with Crippen molar-refractivity contribution in [2.75, 3.05) is 6.54 Å². The van der Waals surface area contributed by atoms with E-state index in [1.54, 1.807) is 6.20 Å². The van der Waals surface area contributed by atoms with E-state index in [1.807, 2.05) is 44.3 Å². The zero-order valence-corrected chi connectivity index (χ0v) is 12.6. The second-order valence-corrected chi connectivity index (χ2v) is 5.57. The first kappa shape index (κ1) is 15.2. The van der Waals surface area contributed by atoms with Gasteiger partial charge in [-0.05, 0) is 23.6 Å². The SMILES string of the molecule is CC(C)C(=O)NCC(Cc1cccnc1)c1ccccc1. The molecule has 110 valence electrons. The number of amides is 1. The molecule has 1 aromatic heterocycles. The van der Waals surface area contributed by atoms with Gasteiger partial charge in [0.2, 0.25) is 5.91 Å². The predicted octanol–water partition coefficient (Wildman–Crippen LogP) is 3.18. The van der Waals surface area contributed by atoms with Crippen LogP contribution in [0.5, 0.6) is 0 Å². The summed E-state index contributed by atoms with van der Waals surface area (Å²) in [5, 5.41) is 3.04. The molecule has 1 amide bonds. The number of hydrogen-bond acceptors (Lipinski definition) is 2. The maximum atomic E-state index is 11.8. The Balaban J connectivity index is 2.09. The number of hydrogen-bond donors (Lipinski definition) is 1. The highest BCUT2D eigenvalue weighted by atomic mass is 16.1. The van der Waals surface area contributed by atoms with Crippen molar-refractivity contribution >= 4 is 5.91 Å². The zero-order valence-electron chi connectivity index (χ0n) is 12.6. The third kappa shape index (κ3) is 4.71. The summed E-state index contributed by atoms with van der Waals surface area (Å²) < 4.78 is 0. The number of nitrogens with zero attached hydrogens (tertiary/aromatic N) is 1. The van der Waals surface area contributed by atoms with Crippen LogP contribution < -0.4 is 5.32 Å². The highest BCUT2D eigenvalue weighted by Gasteiger charge is 2.15. The molecule has 1 heterocycles. The van der Waals surface area contributed by atoms with Crippen molar-refractivity contribution < 1.29 is 4.79 Å². The van der Waals surface area contributed by atoms with Gasteiger partial charge in [0, 0.05) is 30.8 Å². The number of aromatic nitrogens is 1. The van der Waals surface area contributed by atoms with Gasteiger partial charge in [-0.15, -0.1) is 0 Å². The predicted molar refractivity (Wildman–Crippen MR) is 85.0 cm³/mol. The lowest BCUT2D eigenvalue weighted by atomic mass is 9.92. The van der Waals surface area contributed by atoms with Crippen LogP contribution in [-0.4, -0.2) is 17.4 Å². The summed E-state index contributed by atoms with van der Waals surface area (Å²) in [6.45, 7) is 4.47. The third-order valence-electron chi connectivity index (χ3n) is 3.52. The first-order chi connectivity index (χ1) is 10.2. The van der Waals surface area contributed by atoms with Gasteiger partial charge in [0.15, 0.2) is 0 Å². The zero-order chi connectivity index (χ0) is 15.1. The molecule has 21 heavy (non-hydrogen) atoms. The fraction of sp³-hybridized carbons (Fsp3) is 0.333. The van der Waals surface area contributed by atoms with E-state index in [-0.39, 0.29) is 17.7 Å². The summed E-state index contributed by atoms with van der Waals surface area (Å²) in [7, 11) is 0. The van der Waals surface area contributed by atoms with Crippen molar-refractivity contribution in [2.24, 2.45) is 5.92 Å². The maximum absolute atomic E-state index is 11.8. The quantitative estimate of drug-likeness (QED) is 0.884. The number of pyridine rings is 1. The van der Waals surface area contributed by atoms with Crippen LogP contribution in [0.2, 0.25) is 0 Å². The Morgan fingerprint density at radius 1 is 1.14 bits per heavy atom. The largest absolute Gasteiger partial charge is 0.355 e. The van der Waals surface area contributed by atoms with E-state index >= 15 is 0 Å². The lowest BCUT2D eigenvalue weighted by molar-refractivity contribution is -0.124. The van der Waals surface area contributed by atoms with Gasteiger partial charge < -0.3 is 5.32 Å². The monoisotopic (exact) mass is 282 g/mol. The molecule has 0 radical (unpaired) electrons. The molecule has 1 N–H and O–H groups in total. The van der Waals surface area contributed by atoms with Crippen molar-refractivity contribution in [2.45, 2.75) is 26.2 Å². The van der Waals surface area contributed by atoms with Crippen LogP contribution in [0, 0.1) is 5.92 Å². The van der Waals surface area contributed by atoms with Crippen LogP contribution in [0.25, 0.3) is 0 Å². The molecule has 0 bridgehead atoms. The first-order valence-electron chi connectivity index (χ1n) is 7.38. The van der Waals surface area contributed by atoms with Crippen molar-refractivity contribution in [1.82, 2.24) is 10.3 Å². The van der Waals surface area contributed by atoms with Crippen molar-refractivity contribution in [3.8, 4) is 0 Å². The molecule has 2 rings (SSSR count). The van der Waals surface area contributed by atoms with E-state index in [4.69, 9.17) is 0 Å². The Kier molecular flexibility index (Phi) is 5.50. The van der Waals surface area contributed by atoms with Crippen molar-refractivity contribution in [3.05, 3.63) is 66.0 Å². The summed E-state index contributed by atoms with van der Waals surface area (Å²) in [4.78, 5) is 16.0. The van der Waals surface area contributed by atoms with E-state index in [1.165, 1.54) is 11.1 Å². The van der Waals surface area contributed by atoms with E-state index in [0.717, 1.165) is 6.42 Å². The van der Waals surface area contributed by atoms with Gasteiger partial charge in [0.1, 0.15) is 0 Å². The first-order valence-corrected chi connectivity index (χ1v) is 7.38. The minimum absolute atomic E-state index is 0.0137. The number of carbonyl (C=O) groups is 1. The molecule has 0 aliphatic carbocycles. The second kappa shape index (κ2) is 7.58. The van der Waals surface area contributed by atoms with Gasteiger partial charge in [0.25, 0.3) is 0 Å². The van der Waals surface area contributed by atoms with Crippen molar-refractivity contribution in [3.63, 3.8) is 0 Å². The van der Waals surface area contributed by atoms with E-state index in [2.05, 4.69) is 28.5 Å². The summed E-state index contributed by atoms with van der Waals surface area (Å²) in [5.41, 5.74) is 2.43. The van der Waals surface area contributed by atoms with Crippen LogP contribution in [-0.2, 0) is 11.2 Å². The lowest BCUT2D eigenvalue weighted by Gasteiger charge is -2.19. The molecular weight excluding hydrogens is 260 g/mol. The minimum atomic E-state index is 0.0137. The molecule has 3 heteroatoms. The van der Waals surface area contributed by atoms with Gasteiger partial charge >= 0.3 is 0 Å².